The lowest BCUT2D eigenvalue weighted by molar-refractivity contribution is 0.590. The van der Waals surface area contributed by atoms with Crippen molar-refractivity contribution in [3.05, 3.63) is 192 Å². The van der Waals surface area contributed by atoms with Gasteiger partial charge in [0.05, 0.1) is 28.8 Å². The van der Waals surface area contributed by atoms with Gasteiger partial charge < -0.3 is 14.7 Å². The van der Waals surface area contributed by atoms with Crippen LogP contribution in [0.4, 0.5) is 51.2 Å². The quantitative estimate of drug-likeness (QED) is 0.148. The highest BCUT2D eigenvalue weighted by atomic mass is 35.5. The number of hydrogen-bond donors (Lipinski definition) is 0. The van der Waals surface area contributed by atoms with E-state index in [-0.39, 0.29) is 10.8 Å². The van der Waals surface area contributed by atoms with Crippen molar-refractivity contribution in [1.29, 1.82) is 0 Å². The van der Waals surface area contributed by atoms with Crippen molar-refractivity contribution in [2.75, 3.05) is 14.7 Å². The fraction of sp³-hybridized carbons (Fsp3) is 0.163. The Kier molecular flexibility index (Phi) is 10.3. The Morgan fingerprint density at radius 1 is 0.370 bits per heavy atom. The molecule has 0 amide bonds. The van der Waals surface area contributed by atoms with E-state index in [1.807, 2.05) is 54.9 Å². The van der Waals surface area contributed by atoms with Crippen molar-refractivity contribution in [2.45, 2.75) is 52.4 Å². The molecule has 0 atom stereocenters. The van der Waals surface area contributed by atoms with Gasteiger partial charge in [-0.15, -0.1) is 0 Å². The monoisotopic (exact) mass is 726 g/mol. The van der Waals surface area contributed by atoms with Crippen LogP contribution in [-0.2, 0) is 10.8 Å². The third-order valence-corrected chi connectivity index (χ3v) is 10.1. The highest BCUT2D eigenvalue weighted by Gasteiger charge is 2.24. The van der Waals surface area contributed by atoms with E-state index in [9.17, 15) is 0 Å². The first kappa shape index (κ1) is 36.5. The zero-order valence-corrected chi connectivity index (χ0v) is 32.7. The van der Waals surface area contributed by atoms with Crippen LogP contribution in [0.15, 0.2) is 176 Å². The smallest absolute Gasteiger partial charge is 0.0918 e. The van der Waals surface area contributed by atoms with Gasteiger partial charge in [0.1, 0.15) is 0 Å². The molecular formula is C49H47ClN4. The van der Waals surface area contributed by atoms with Gasteiger partial charge in [0.2, 0.25) is 0 Å². The highest BCUT2D eigenvalue weighted by molar-refractivity contribution is 6.36. The summed E-state index contributed by atoms with van der Waals surface area (Å²) >= 11 is 7.56. The number of benzene rings is 6. The molecule has 1 aromatic heterocycles. The Morgan fingerprint density at radius 3 is 1.06 bits per heavy atom. The molecule has 54 heavy (non-hydrogen) atoms. The van der Waals surface area contributed by atoms with Gasteiger partial charge in [-0.1, -0.05) is 138 Å². The summed E-state index contributed by atoms with van der Waals surface area (Å²) in [5.41, 5.74) is 11.3. The molecule has 1 heterocycles. The highest BCUT2D eigenvalue weighted by Crippen LogP contribution is 2.47. The molecule has 0 radical (unpaired) electrons. The Balaban J connectivity index is 1.39. The fourth-order valence-corrected chi connectivity index (χ4v) is 7.03. The molecule has 0 fully saturated rings. The van der Waals surface area contributed by atoms with Gasteiger partial charge in [-0.05, 0) is 101 Å². The molecule has 6 aromatic carbocycles. The molecule has 0 N–H and O–H groups in total. The molecule has 5 heteroatoms. The van der Waals surface area contributed by atoms with Crippen LogP contribution in [0.1, 0.15) is 52.7 Å². The minimum atomic E-state index is 0.0479. The second kappa shape index (κ2) is 15.3. The molecule has 0 saturated carbocycles. The van der Waals surface area contributed by atoms with Crippen LogP contribution in [0.2, 0.25) is 5.02 Å². The first-order valence-corrected chi connectivity index (χ1v) is 18.9. The van der Waals surface area contributed by atoms with Crippen LogP contribution < -0.4 is 14.7 Å². The van der Waals surface area contributed by atoms with Crippen LogP contribution in [0, 0.1) is 0 Å². The molecule has 7 aromatic rings. The summed E-state index contributed by atoms with van der Waals surface area (Å²) in [6, 6.07) is 57.5. The van der Waals surface area contributed by atoms with Gasteiger partial charge in [0.25, 0.3) is 0 Å². The van der Waals surface area contributed by atoms with Gasteiger partial charge in [0, 0.05) is 39.8 Å². The van der Waals surface area contributed by atoms with E-state index in [1.54, 1.807) is 0 Å². The van der Waals surface area contributed by atoms with E-state index < -0.39 is 0 Å². The van der Waals surface area contributed by atoms with Gasteiger partial charge in [0.15, 0.2) is 0 Å². The molecule has 4 nitrogen and oxygen atoms in total. The lowest BCUT2D eigenvalue weighted by Crippen LogP contribution is -2.16. The fourth-order valence-electron chi connectivity index (χ4n) is 6.76. The van der Waals surface area contributed by atoms with Crippen molar-refractivity contribution >= 4 is 62.8 Å². The topological polar surface area (TPSA) is 22.6 Å². The van der Waals surface area contributed by atoms with Crippen molar-refractivity contribution in [3.8, 4) is 0 Å². The summed E-state index contributed by atoms with van der Waals surface area (Å²) in [7, 11) is 0. The van der Waals surface area contributed by atoms with E-state index in [0.29, 0.717) is 5.02 Å². The third-order valence-electron chi connectivity index (χ3n) is 9.70. The molecule has 0 unspecified atom stereocenters. The van der Waals surface area contributed by atoms with E-state index in [0.717, 1.165) is 51.2 Å². The summed E-state index contributed by atoms with van der Waals surface area (Å²) in [6.45, 7) is 13.5. The maximum absolute atomic E-state index is 7.56. The molecule has 0 saturated heterocycles. The number of hydrogen-bond acceptors (Lipinski definition) is 4. The first-order chi connectivity index (χ1) is 26.0. The average Bonchev–Trinajstić information content (AvgIpc) is 3.18. The van der Waals surface area contributed by atoms with Crippen molar-refractivity contribution in [3.63, 3.8) is 0 Å². The van der Waals surface area contributed by atoms with E-state index in [2.05, 4.69) is 178 Å². The van der Waals surface area contributed by atoms with Crippen LogP contribution in [0.3, 0.4) is 0 Å². The number of aromatic nitrogens is 1. The summed E-state index contributed by atoms with van der Waals surface area (Å²) < 4.78 is 0. The SMILES string of the molecule is CC(C)(C)c1ccc(N(c2ccc(C(C)(C)C)cc2)c2cccc(N(c3ccccc3)c3cncc(N(c4ccccc4)c4ccccc4)c3Cl)c2)cc1. The Hall–Kier alpha value is -5.84. The summed E-state index contributed by atoms with van der Waals surface area (Å²) in [5.74, 6) is 0. The lowest BCUT2D eigenvalue weighted by atomic mass is 9.86. The zero-order chi connectivity index (χ0) is 37.9. The predicted molar refractivity (Wildman–Crippen MR) is 231 cm³/mol. The molecule has 270 valence electrons. The molecule has 0 spiro atoms. The van der Waals surface area contributed by atoms with Crippen LogP contribution in [0.5, 0.6) is 0 Å². The summed E-state index contributed by atoms with van der Waals surface area (Å²) in [6.07, 6.45) is 3.70. The Bertz CT molecular complexity index is 2200. The normalized spacial score (nSPS) is 11.6. The number of para-hydroxylation sites is 3. The number of rotatable bonds is 9. The Morgan fingerprint density at radius 2 is 0.685 bits per heavy atom. The zero-order valence-electron chi connectivity index (χ0n) is 31.9. The standard InChI is InChI=1S/C49H47ClN4/c1-48(2,3)36-25-29-41(30-26-36)52(42-31-27-37(28-32-42)49(4,5)6)43-23-16-24-44(33-43)54(40-21-14-9-15-22-40)46-35-51-34-45(47(46)50)53(38-17-10-7-11-18-38)39-19-12-8-13-20-39/h7-35H,1-6H3. The van der Waals surface area contributed by atoms with Crippen molar-refractivity contribution in [2.24, 2.45) is 0 Å². The Labute approximate surface area is 325 Å². The number of pyridine rings is 1. The van der Waals surface area contributed by atoms with Crippen LogP contribution >= 0.6 is 11.6 Å². The van der Waals surface area contributed by atoms with Crippen molar-refractivity contribution in [1.82, 2.24) is 4.98 Å². The van der Waals surface area contributed by atoms with Gasteiger partial charge in [-0.3, -0.25) is 4.98 Å². The maximum atomic E-state index is 7.56. The lowest BCUT2D eigenvalue weighted by Gasteiger charge is -2.32. The molecule has 0 aliphatic heterocycles. The molecule has 7 rings (SSSR count). The van der Waals surface area contributed by atoms with Gasteiger partial charge in [-0.25, -0.2) is 0 Å². The largest absolute Gasteiger partial charge is 0.310 e. The third kappa shape index (κ3) is 7.76. The second-order valence-corrected chi connectivity index (χ2v) is 16.0. The van der Waals surface area contributed by atoms with Gasteiger partial charge >= 0.3 is 0 Å². The van der Waals surface area contributed by atoms with E-state index in [4.69, 9.17) is 16.6 Å². The van der Waals surface area contributed by atoms with Crippen LogP contribution in [-0.4, -0.2) is 4.98 Å². The van der Waals surface area contributed by atoms with E-state index >= 15 is 0 Å². The number of nitrogens with zero attached hydrogens (tertiary/aromatic N) is 4. The maximum Gasteiger partial charge on any atom is 0.0918 e. The van der Waals surface area contributed by atoms with Crippen molar-refractivity contribution < 1.29 is 0 Å². The molecular weight excluding hydrogens is 680 g/mol. The molecule has 0 aliphatic rings. The average molecular weight is 727 g/mol. The number of anilines is 9. The van der Waals surface area contributed by atoms with Crippen LogP contribution in [0.25, 0.3) is 0 Å². The van der Waals surface area contributed by atoms with Gasteiger partial charge in [-0.2, -0.15) is 0 Å². The summed E-state index contributed by atoms with van der Waals surface area (Å²) in [5, 5.41) is 0.583. The minimum absolute atomic E-state index is 0.0479. The summed E-state index contributed by atoms with van der Waals surface area (Å²) in [4.78, 5) is 11.5. The predicted octanol–water partition coefficient (Wildman–Crippen LogP) is 14.7. The number of halogens is 1. The molecule has 0 aliphatic carbocycles. The van der Waals surface area contributed by atoms with E-state index in [1.165, 1.54) is 11.1 Å². The molecule has 0 bridgehead atoms. The second-order valence-electron chi connectivity index (χ2n) is 15.6. The minimum Gasteiger partial charge on any atom is -0.310 e. The first-order valence-electron chi connectivity index (χ1n) is 18.5.